The average molecular weight is 346 g/mol. The molecule has 2 N–H and O–H groups in total. The minimum atomic E-state index is -0.259. The molecule has 5 nitrogen and oxygen atoms in total. The van der Waals surface area contributed by atoms with Crippen molar-refractivity contribution >= 4 is 28.5 Å². The topological polar surface area (TPSA) is 70.9 Å². The van der Waals surface area contributed by atoms with Gasteiger partial charge in [-0.2, -0.15) is 5.10 Å². The molecule has 0 unspecified atom stereocenters. The zero-order chi connectivity index (χ0) is 17.6. The molecule has 3 aromatic rings. The molecule has 1 amide bonds. The number of halogens is 1. The second kappa shape index (κ2) is 5.98. The summed E-state index contributed by atoms with van der Waals surface area (Å²) >= 11 is 6.24. The number of nitrogens with zero attached hydrogens (tertiary/aromatic N) is 1. The van der Waals surface area contributed by atoms with E-state index >= 15 is 0 Å². The van der Waals surface area contributed by atoms with Crippen molar-refractivity contribution < 1.29 is 9.21 Å². The Hall–Kier alpha value is -2.27. The number of amides is 1. The van der Waals surface area contributed by atoms with Crippen molar-refractivity contribution in [2.24, 2.45) is 0 Å². The molecule has 2 aromatic heterocycles. The van der Waals surface area contributed by atoms with Crippen LogP contribution in [0.4, 0.5) is 0 Å². The summed E-state index contributed by atoms with van der Waals surface area (Å²) < 4.78 is 5.76. The van der Waals surface area contributed by atoms with Crippen LogP contribution in [0.25, 0.3) is 11.0 Å². The second-order valence-corrected chi connectivity index (χ2v) is 6.63. The summed E-state index contributed by atoms with van der Waals surface area (Å²) in [5.74, 6) is 0.0353. The quantitative estimate of drug-likeness (QED) is 0.732. The fourth-order valence-corrected chi connectivity index (χ4v) is 3.47. The van der Waals surface area contributed by atoms with Crippen molar-refractivity contribution in [1.29, 1.82) is 0 Å². The van der Waals surface area contributed by atoms with E-state index in [2.05, 4.69) is 15.5 Å². The Labute approximate surface area is 145 Å². The van der Waals surface area contributed by atoms with Crippen LogP contribution in [0, 0.1) is 27.7 Å². The predicted molar refractivity (Wildman–Crippen MR) is 94.6 cm³/mol. The molecule has 0 aliphatic heterocycles. The van der Waals surface area contributed by atoms with Crippen molar-refractivity contribution in [2.45, 2.75) is 40.7 Å². The number of aromatic amines is 1. The van der Waals surface area contributed by atoms with Crippen LogP contribution >= 0.6 is 11.6 Å². The molecule has 3 rings (SSSR count). The molecule has 0 radical (unpaired) electrons. The Bertz CT molecular complexity index is 920. The van der Waals surface area contributed by atoms with Crippen molar-refractivity contribution in [3.8, 4) is 0 Å². The summed E-state index contributed by atoms with van der Waals surface area (Å²) in [6.07, 6.45) is 0. The van der Waals surface area contributed by atoms with Gasteiger partial charge in [0.2, 0.25) is 0 Å². The number of carbonyl (C=O) groups excluding carboxylic acids is 1. The third kappa shape index (κ3) is 2.69. The molecule has 0 saturated carbocycles. The number of fused-ring (bicyclic) bond motifs is 1. The number of hydrogen-bond donors (Lipinski definition) is 2. The highest BCUT2D eigenvalue weighted by molar-refractivity contribution is 6.35. The van der Waals surface area contributed by atoms with Crippen LogP contribution < -0.4 is 5.32 Å². The molecule has 24 heavy (non-hydrogen) atoms. The van der Waals surface area contributed by atoms with Gasteiger partial charge in [0.25, 0.3) is 5.91 Å². The largest absolute Gasteiger partial charge is 0.449 e. The van der Waals surface area contributed by atoms with Crippen LogP contribution in [0.15, 0.2) is 16.5 Å². The highest BCUT2D eigenvalue weighted by Gasteiger charge is 2.23. The van der Waals surface area contributed by atoms with Gasteiger partial charge in [-0.1, -0.05) is 11.6 Å². The highest BCUT2D eigenvalue weighted by Crippen LogP contribution is 2.32. The number of hydrogen-bond acceptors (Lipinski definition) is 3. The SMILES string of the molecule is Cc1cc(Cl)c2oc(C(=O)N[C@H](C)c3c(C)n[nH]c3C)c(C)c2c1. The number of carbonyl (C=O) groups is 1. The lowest BCUT2D eigenvalue weighted by Crippen LogP contribution is -2.27. The Kier molecular flexibility index (Phi) is 4.13. The molecule has 1 aromatic carbocycles. The van der Waals surface area contributed by atoms with Crippen LogP contribution in [0.3, 0.4) is 0 Å². The number of nitrogens with one attached hydrogen (secondary N) is 2. The number of benzene rings is 1. The standard InChI is InChI=1S/C18H20ClN3O2/c1-8-6-13-9(2)16(24-17(13)14(19)7-8)18(23)20-10(3)15-11(4)21-22-12(15)5/h6-7,10H,1-5H3,(H,20,23)(H,21,22)/t10-/m1/s1. The van der Waals surface area contributed by atoms with E-state index < -0.39 is 0 Å². The Morgan fingerprint density at radius 1 is 1.29 bits per heavy atom. The summed E-state index contributed by atoms with van der Waals surface area (Å²) in [7, 11) is 0. The Morgan fingerprint density at radius 3 is 2.62 bits per heavy atom. The maximum absolute atomic E-state index is 12.7. The average Bonchev–Trinajstić information content (AvgIpc) is 3.00. The number of H-pyrrole nitrogens is 1. The Balaban J connectivity index is 1.95. The summed E-state index contributed by atoms with van der Waals surface area (Å²) in [6, 6.07) is 3.63. The van der Waals surface area contributed by atoms with Gasteiger partial charge >= 0.3 is 0 Å². The lowest BCUT2D eigenvalue weighted by Gasteiger charge is -2.13. The third-order valence-corrected chi connectivity index (χ3v) is 4.59. The zero-order valence-electron chi connectivity index (χ0n) is 14.4. The van der Waals surface area contributed by atoms with E-state index in [1.165, 1.54) is 0 Å². The van der Waals surface area contributed by atoms with Crippen molar-refractivity contribution in [3.63, 3.8) is 0 Å². The fraction of sp³-hybridized carbons (Fsp3) is 0.333. The molecule has 0 spiro atoms. The summed E-state index contributed by atoms with van der Waals surface area (Å²) in [5.41, 5.74) is 5.18. The minimum Gasteiger partial charge on any atom is -0.449 e. The molecular weight excluding hydrogens is 326 g/mol. The first-order chi connectivity index (χ1) is 11.3. The van der Waals surface area contributed by atoms with E-state index in [9.17, 15) is 4.79 Å². The van der Waals surface area contributed by atoms with Crippen LogP contribution in [-0.4, -0.2) is 16.1 Å². The number of aryl methyl sites for hydroxylation is 4. The molecule has 126 valence electrons. The van der Waals surface area contributed by atoms with E-state index in [0.29, 0.717) is 16.4 Å². The smallest absolute Gasteiger partial charge is 0.287 e. The molecule has 1 atom stereocenters. The van der Waals surface area contributed by atoms with Gasteiger partial charge < -0.3 is 9.73 Å². The third-order valence-electron chi connectivity index (χ3n) is 4.31. The molecule has 6 heteroatoms. The van der Waals surface area contributed by atoms with Gasteiger partial charge in [0.1, 0.15) is 0 Å². The van der Waals surface area contributed by atoms with E-state index in [1.807, 2.05) is 46.8 Å². The predicted octanol–water partition coefficient (Wildman–Crippen LogP) is 4.53. The number of aromatic nitrogens is 2. The van der Waals surface area contributed by atoms with Crippen molar-refractivity contribution in [1.82, 2.24) is 15.5 Å². The lowest BCUT2D eigenvalue weighted by atomic mass is 10.1. The summed E-state index contributed by atoms with van der Waals surface area (Å²) in [5, 5.41) is 11.5. The number of rotatable bonds is 3. The van der Waals surface area contributed by atoms with Crippen LogP contribution in [-0.2, 0) is 0 Å². The summed E-state index contributed by atoms with van der Waals surface area (Å²) in [4.78, 5) is 12.7. The molecule has 0 aliphatic carbocycles. The Morgan fingerprint density at radius 2 is 2.00 bits per heavy atom. The summed E-state index contributed by atoms with van der Waals surface area (Å²) in [6.45, 7) is 9.61. The van der Waals surface area contributed by atoms with Gasteiger partial charge in [-0.25, -0.2) is 0 Å². The molecular formula is C18H20ClN3O2. The van der Waals surface area contributed by atoms with Gasteiger partial charge in [-0.15, -0.1) is 0 Å². The fourth-order valence-electron chi connectivity index (χ4n) is 3.16. The van der Waals surface area contributed by atoms with E-state index in [-0.39, 0.29) is 11.9 Å². The first kappa shape index (κ1) is 16.6. The van der Waals surface area contributed by atoms with E-state index in [1.54, 1.807) is 0 Å². The van der Waals surface area contributed by atoms with Crippen molar-refractivity contribution in [3.05, 3.63) is 51.0 Å². The normalized spacial score (nSPS) is 12.6. The van der Waals surface area contributed by atoms with Gasteiger partial charge in [0, 0.05) is 22.2 Å². The molecule has 2 heterocycles. The van der Waals surface area contributed by atoms with Crippen LogP contribution in [0.1, 0.15) is 51.6 Å². The van der Waals surface area contributed by atoms with Crippen molar-refractivity contribution in [2.75, 3.05) is 0 Å². The maximum Gasteiger partial charge on any atom is 0.287 e. The van der Waals surface area contributed by atoms with Gasteiger partial charge in [-0.05, 0) is 52.3 Å². The monoisotopic (exact) mass is 345 g/mol. The van der Waals surface area contributed by atoms with Gasteiger partial charge in [0.05, 0.1) is 16.8 Å². The van der Waals surface area contributed by atoms with Gasteiger partial charge in [-0.3, -0.25) is 9.89 Å². The van der Waals surface area contributed by atoms with Gasteiger partial charge in [0.15, 0.2) is 11.3 Å². The van der Waals surface area contributed by atoms with Crippen LogP contribution in [0.5, 0.6) is 0 Å². The zero-order valence-corrected chi connectivity index (χ0v) is 15.1. The number of furan rings is 1. The molecule has 0 saturated heterocycles. The first-order valence-corrected chi connectivity index (χ1v) is 8.19. The highest BCUT2D eigenvalue weighted by atomic mass is 35.5. The molecule has 0 aliphatic rings. The molecule has 0 bridgehead atoms. The van der Waals surface area contributed by atoms with Crippen LogP contribution in [0.2, 0.25) is 5.02 Å². The second-order valence-electron chi connectivity index (χ2n) is 6.22. The van der Waals surface area contributed by atoms with E-state index in [4.69, 9.17) is 16.0 Å². The molecule has 0 fully saturated rings. The minimum absolute atomic E-state index is 0.180. The first-order valence-electron chi connectivity index (χ1n) is 7.81. The lowest BCUT2D eigenvalue weighted by molar-refractivity contribution is 0.0913. The maximum atomic E-state index is 12.7. The van der Waals surface area contributed by atoms with E-state index in [0.717, 1.165) is 33.5 Å².